The van der Waals surface area contributed by atoms with Gasteiger partial charge in [-0.25, -0.2) is 0 Å². The van der Waals surface area contributed by atoms with Gasteiger partial charge < -0.3 is 0 Å². The zero-order valence-corrected chi connectivity index (χ0v) is 17.4. The maximum Gasteiger partial charge on any atom is -0.00463 e. The second kappa shape index (κ2) is 7.69. The molecule has 2 bridgehead atoms. The van der Waals surface area contributed by atoms with Gasteiger partial charge in [-0.05, 0) is 91.6 Å². The van der Waals surface area contributed by atoms with Gasteiger partial charge in [-0.15, -0.1) is 0 Å². The van der Waals surface area contributed by atoms with E-state index >= 15 is 0 Å². The molecule has 0 saturated heterocycles. The number of hydrogen-bond acceptors (Lipinski definition) is 0. The Bertz CT molecular complexity index is 548. The Kier molecular flexibility index (Phi) is 5.49. The third kappa shape index (κ3) is 3.38. The molecule has 0 aliphatic heterocycles. The van der Waals surface area contributed by atoms with Gasteiger partial charge in [-0.1, -0.05) is 70.2 Å². The van der Waals surface area contributed by atoms with Crippen LogP contribution in [-0.4, -0.2) is 0 Å². The van der Waals surface area contributed by atoms with Gasteiger partial charge in [0, 0.05) is 0 Å². The number of benzene rings is 1. The Morgan fingerprint density at radius 2 is 1.38 bits per heavy atom. The minimum absolute atomic E-state index is 0.534. The largest absolute Gasteiger partial charge is 0.0654 e. The van der Waals surface area contributed by atoms with Gasteiger partial charge in [-0.2, -0.15) is 0 Å². The second-order valence-electron chi connectivity index (χ2n) is 10.1. The third-order valence-corrected chi connectivity index (χ3v) is 8.82. The summed E-state index contributed by atoms with van der Waals surface area (Å²) in [4.78, 5) is 0. The van der Waals surface area contributed by atoms with Gasteiger partial charge >= 0.3 is 0 Å². The van der Waals surface area contributed by atoms with E-state index in [0.717, 1.165) is 17.3 Å². The molecule has 0 heteroatoms. The fourth-order valence-electron chi connectivity index (χ4n) is 7.05. The van der Waals surface area contributed by atoms with E-state index in [2.05, 4.69) is 38.1 Å². The second-order valence-corrected chi connectivity index (χ2v) is 10.1. The normalized spacial score (nSPS) is 37.0. The molecule has 1 aromatic rings. The molecule has 0 aromatic heterocycles. The predicted molar refractivity (Wildman–Crippen MR) is 113 cm³/mol. The first-order valence-corrected chi connectivity index (χ1v) is 11.8. The quantitative estimate of drug-likeness (QED) is 0.489. The monoisotopic (exact) mass is 352 g/mol. The third-order valence-electron chi connectivity index (χ3n) is 8.82. The van der Waals surface area contributed by atoms with E-state index in [9.17, 15) is 0 Å². The summed E-state index contributed by atoms with van der Waals surface area (Å²) < 4.78 is 0. The van der Waals surface area contributed by atoms with Crippen molar-refractivity contribution in [2.45, 2.75) is 109 Å². The lowest BCUT2D eigenvalue weighted by Gasteiger charge is -2.58. The van der Waals surface area contributed by atoms with Crippen molar-refractivity contribution in [1.82, 2.24) is 0 Å². The van der Waals surface area contributed by atoms with Crippen LogP contribution >= 0.6 is 0 Å². The Morgan fingerprint density at radius 3 is 1.92 bits per heavy atom. The van der Waals surface area contributed by atoms with Gasteiger partial charge in [-0.3, -0.25) is 0 Å². The molecule has 4 aliphatic carbocycles. The smallest absolute Gasteiger partial charge is 0.00463 e. The summed E-state index contributed by atoms with van der Waals surface area (Å²) in [5, 5.41) is 0. The highest BCUT2D eigenvalue weighted by Gasteiger charge is 2.52. The van der Waals surface area contributed by atoms with Crippen LogP contribution in [0.3, 0.4) is 0 Å². The first kappa shape index (κ1) is 18.6. The molecule has 0 unspecified atom stereocenters. The molecule has 4 saturated carbocycles. The van der Waals surface area contributed by atoms with Crippen LogP contribution in [0.2, 0.25) is 0 Å². The number of rotatable bonds is 6. The van der Waals surface area contributed by atoms with Gasteiger partial charge in [0.2, 0.25) is 0 Å². The summed E-state index contributed by atoms with van der Waals surface area (Å²) in [6.45, 7) is 4.64. The van der Waals surface area contributed by atoms with Crippen LogP contribution in [0.1, 0.15) is 108 Å². The number of hydrogen-bond donors (Lipinski definition) is 0. The van der Waals surface area contributed by atoms with E-state index in [1.54, 1.807) is 18.4 Å². The molecule has 1 aromatic carbocycles. The molecular formula is C26H40. The van der Waals surface area contributed by atoms with Crippen molar-refractivity contribution in [2.75, 3.05) is 0 Å². The molecule has 0 heterocycles. The summed E-state index contributed by atoms with van der Waals surface area (Å²) in [5.41, 5.74) is 4.46. The highest BCUT2D eigenvalue weighted by Crippen LogP contribution is 2.62. The van der Waals surface area contributed by atoms with Crippen LogP contribution in [0.25, 0.3) is 0 Å². The molecule has 144 valence electrons. The van der Waals surface area contributed by atoms with Crippen molar-refractivity contribution in [3.63, 3.8) is 0 Å². The molecule has 26 heavy (non-hydrogen) atoms. The average molecular weight is 353 g/mol. The topological polar surface area (TPSA) is 0 Å². The van der Waals surface area contributed by atoms with Crippen LogP contribution < -0.4 is 0 Å². The lowest BCUT2D eigenvalue weighted by molar-refractivity contribution is -0.0294. The highest BCUT2D eigenvalue weighted by molar-refractivity contribution is 5.31. The van der Waals surface area contributed by atoms with Crippen LogP contribution in [0.15, 0.2) is 24.3 Å². The first-order chi connectivity index (χ1) is 12.7. The van der Waals surface area contributed by atoms with E-state index in [4.69, 9.17) is 0 Å². The number of aryl methyl sites for hydroxylation is 1. The Hall–Kier alpha value is -0.780. The zero-order chi connectivity index (χ0) is 18.0. The van der Waals surface area contributed by atoms with E-state index in [0.29, 0.717) is 5.41 Å². The van der Waals surface area contributed by atoms with Crippen LogP contribution in [-0.2, 0) is 11.8 Å². The van der Waals surface area contributed by atoms with Gasteiger partial charge in [0.05, 0.1) is 0 Å². The minimum atomic E-state index is 0.534. The van der Waals surface area contributed by atoms with Crippen molar-refractivity contribution >= 4 is 0 Å². The van der Waals surface area contributed by atoms with Gasteiger partial charge in [0.1, 0.15) is 0 Å². The van der Waals surface area contributed by atoms with Gasteiger partial charge in [0.15, 0.2) is 0 Å². The van der Waals surface area contributed by atoms with Crippen molar-refractivity contribution < 1.29 is 0 Å². The standard InChI is InChI=1S/C26H40/c1-3-5-21-7-11-23(12-8-21)25-15-18-26(19-16-25,20-17-25)24-13-9-22(6-4-2)10-14-24/h7-8,11-12,22,24H,3-6,9-10,13-20H2,1-2H3. The Morgan fingerprint density at radius 1 is 0.769 bits per heavy atom. The minimum Gasteiger partial charge on any atom is -0.0654 e. The maximum atomic E-state index is 2.49. The average Bonchev–Trinajstić information content (AvgIpc) is 2.71. The lowest BCUT2D eigenvalue weighted by atomic mass is 9.47. The Balaban J connectivity index is 1.40. The lowest BCUT2D eigenvalue weighted by Crippen LogP contribution is -2.48. The predicted octanol–water partition coefficient (Wildman–Crippen LogP) is 7.84. The summed E-state index contributed by atoms with van der Waals surface area (Å²) in [6, 6.07) is 9.80. The summed E-state index contributed by atoms with van der Waals surface area (Å²) in [5.74, 6) is 2.11. The molecule has 0 nitrogen and oxygen atoms in total. The van der Waals surface area contributed by atoms with Crippen LogP contribution in [0.4, 0.5) is 0 Å². The van der Waals surface area contributed by atoms with E-state index < -0.39 is 0 Å². The highest BCUT2D eigenvalue weighted by atomic mass is 14.6. The first-order valence-electron chi connectivity index (χ1n) is 11.8. The molecule has 4 aliphatic rings. The van der Waals surface area contributed by atoms with E-state index in [-0.39, 0.29) is 0 Å². The molecular weight excluding hydrogens is 312 g/mol. The van der Waals surface area contributed by atoms with E-state index in [1.807, 2.05) is 0 Å². The molecule has 0 radical (unpaired) electrons. The van der Waals surface area contributed by atoms with Crippen LogP contribution in [0, 0.1) is 17.3 Å². The summed E-state index contributed by atoms with van der Waals surface area (Å²) >= 11 is 0. The van der Waals surface area contributed by atoms with Crippen molar-refractivity contribution in [3.8, 4) is 0 Å². The fourth-order valence-corrected chi connectivity index (χ4v) is 7.05. The fraction of sp³-hybridized carbons (Fsp3) is 0.769. The van der Waals surface area contributed by atoms with Crippen LogP contribution in [0.5, 0.6) is 0 Å². The molecule has 0 amide bonds. The Labute approximate surface area is 162 Å². The zero-order valence-electron chi connectivity index (χ0n) is 17.4. The molecule has 0 atom stereocenters. The van der Waals surface area contributed by atoms with E-state index in [1.165, 1.54) is 82.6 Å². The van der Waals surface area contributed by atoms with Gasteiger partial charge in [0.25, 0.3) is 0 Å². The number of fused-ring (bicyclic) bond motifs is 3. The molecule has 5 rings (SSSR count). The molecule has 0 N–H and O–H groups in total. The van der Waals surface area contributed by atoms with Crippen molar-refractivity contribution in [1.29, 1.82) is 0 Å². The molecule has 0 spiro atoms. The SMILES string of the molecule is CCCc1ccc(C23CCC(C4CCC(CCC)CC4)(CC2)CC3)cc1. The molecule has 4 fully saturated rings. The van der Waals surface area contributed by atoms with Crippen molar-refractivity contribution in [2.24, 2.45) is 17.3 Å². The van der Waals surface area contributed by atoms with Crippen molar-refractivity contribution in [3.05, 3.63) is 35.4 Å². The summed E-state index contributed by atoms with van der Waals surface area (Å²) in [7, 11) is 0. The summed E-state index contributed by atoms with van der Waals surface area (Å²) in [6.07, 6.45) is 20.5. The maximum absolute atomic E-state index is 2.49.